The zero-order valence-electron chi connectivity index (χ0n) is 12.7. The maximum atomic E-state index is 10.9. The van der Waals surface area contributed by atoms with Crippen LogP contribution in [0.3, 0.4) is 0 Å². The number of anilines is 2. The van der Waals surface area contributed by atoms with E-state index in [9.17, 15) is 4.79 Å². The van der Waals surface area contributed by atoms with Crippen molar-refractivity contribution in [3.8, 4) is 11.5 Å². The number of amides is 1. The third-order valence-electron chi connectivity index (χ3n) is 2.63. The molecule has 0 unspecified atom stereocenters. The molecule has 2 rings (SSSR count). The molecule has 5 N–H and O–H groups in total. The average Bonchev–Trinajstić information content (AvgIpc) is 2.55. The van der Waals surface area contributed by atoms with Gasteiger partial charge in [0.1, 0.15) is 11.5 Å². The number of nitrogens with one attached hydrogen (secondary N) is 1. The lowest BCUT2D eigenvalue weighted by atomic mass is 10.3. The molecule has 0 radical (unpaired) electrons. The van der Waals surface area contributed by atoms with E-state index in [-0.39, 0.29) is 12.5 Å². The number of hydrogen-bond acceptors (Lipinski definition) is 5. The van der Waals surface area contributed by atoms with Gasteiger partial charge in [0, 0.05) is 23.5 Å². The van der Waals surface area contributed by atoms with Crippen LogP contribution in [0.5, 0.6) is 11.5 Å². The van der Waals surface area contributed by atoms with Crippen molar-refractivity contribution in [1.29, 1.82) is 0 Å². The van der Waals surface area contributed by atoms with Gasteiger partial charge in [-0.15, -0.1) is 0 Å². The minimum Gasteiger partial charge on any atom is -0.497 e. The van der Waals surface area contributed by atoms with E-state index in [1.807, 2.05) is 18.2 Å². The van der Waals surface area contributed by atoms with Crippen LogP contribution in [0.1, 0.15) is 0 Å². The number of rotatable bonds is 4. The van der Waals surface area contributed by atoms with Gasteiger partial charge in [0.2, 0.25) is 5.91 Å². The van der Waals surface area contributed by atoms with Crippen molar-refractivity contribution in [2.45, 2.75) is 0 Å². The van der Waals surface area contributed by atoms with Gasteiger partial charge in [0.25, 0.3) is 0 Å². The highest BCUT2D eigenvalue weighted by molar-refractivity contribution is 5.92. The Morgan fingerprint density at radius 2 is 1.64 bits per heavy atom. The Balaban J connectivity index is 0.000000235. The fraction of sp³-hybridized carbons (Fsp3) is 0.188. The van der Waals surface area contributed by atoms with Gasteiger partial charge in [0.05, 0.1) is 20.8 Å². The smallest absolute Gasteiger partial charge is 0.238 e. The first kappa shape index (κ1) is 17.3. The highest BCUT2D eigenvalue weighted by atomic mass is 16.5. The lowest BCUT2D eigenvalue weighted by Gasteiger charge is -2.04. The van der Waals surface area contributed by atoms with Gasteiger partial charge in [-0.2, -0.15) is 0 Å². The fourth-order valence-corrected chi connectivity index (χ4v) is 1.55. The lowest BCUT2D eigenvalue weighted by Crippen LogP contribution is -2.21. The standard InChI is InChI=1S/C9H12N2O2.C7H9NO/c1-13-8-4-2-3-7(5-8)11-9(12)6-10;1-9-7-4-2-3-6(8)5-7/h2-5H,6,10H2,1H3,(H,11,12);2-5H,8H2,1H3. The van der Waals surface area contributed by atoms with Crippen LogP contribution in [0.4, 0.5) is 11.4 Å². The first-order valence-corrected chi connectivity index (χ1v) is 6.62. The monoisotopic (exact) mass is 303 g/mol. The number of hydrogen-bond donors (Lipinski definition) is 3. The van der Waals surface area contributed by atoms with Crippen LogP contribution in [0.15, 0.2) is 48.5 Å². The predicted octanol–water partition coefficient (Wildman–Crippen LogP) is 1.87. The van der Waals surface area contributed by atoms with Gasteiger partial charge >= 0.3 is 0 Å². The summed E-state index contributed by atoms with van der Waals surface area (Å²) in [5.74, 6) is 1.29. The second kappa shape index (κ2) is 9.25. The Bertz CT molecular complexity index is 603. The van der Waals surface area contributed by atoms with Crippen LogP contribution in [0, 0.1) is 0 Å². The van der Waals surface area contributed by atoms with Crippen molar-refractivity contribution in [2.75, 3.05) is 31.8 Å². The fourth-order valence-electron chi connectivity index (χ4n) is 1.55. The summed E-state index contributed by atoms with van der Waals surface area (Å²) in [7, 11) is 3.19. The molecule has 6 nitrogen and oxygen atoms in total. The maximum Gasteiger partial charge on any atom is 0.238 e. The van der Waals surface area contributed by atoms with Crippen molar-refractivity contribution in [3.05, 3.63) is 48.5 Å². The zero-order valence-corrected chi connectivity index (χ0v) is 12.7. The van der Waals surface area contributed by atoms with E-state index < -0.39 is 0 Å². The summed E-state index contributed by atoms with van der Waals surface area (Å²) < 4.78 is 9.90. The Labute approximate surface area is 130 Å². The first-order valence-electron chi connectivity index (χ1n) is 6.62. The topological polar surface area (TPSA) is 99.6 Å². The summed E-state index contributed by atoms with van der Waals surface area (Å²) in [6.45, 7) is -0.0167. The van der Waals surface area contributed by atoms with E-state index in [1.54, 1.807) is 44.6 Å². The molecule has 0 bridgehead atoms. The molecule has 0 aliphatic rings. The minimum absolute atomic E-state index is 0.0167. The molecule has 0 spiro atoms. The molecular weight excluding hydrogens is 282 g/mol. The van der Waals surface area contributed by atoms with Crippen LogP contribution >= 0.6 is 0 Å². The van der Waals surface area contributed by atoms with Crippen molar-refractivity contribution >= 4 is 17.3 Å². The SMILES string of the molecule is COc1cccc(N)c1.COc1cccc(NC(=O)CN)c1. The third-order valence-corrected chi connectivity index (χ3v) is 2.63. The molecular formula is C16H21N3O3. The molecule has 0 saturated carbocycles. The second-order valence-electron chi connectivity index (χ2n) is 4.26. The molecule has 0 aliphatic heterocycles. The van der Waals surface area contributed by atoms with Gasteiger partial charge in [-0.05, 0) is 24.3 Å². The quantitative estimate of drug-likeness (QED) is 0.749. The van der Waals surface area contributed by atoms with E-state index in [1.165, 1.54) is 0 Å². The molecule has 0 fully saturated rings. The van der Waals surface area contributed by atoms with Crippen LogP contribution in [-0.4, -0.2) is 26.7 Å². The van der Waals surface area contributed by atoms with Gasteiger partial charge < -0.3 is 26.3 Å². The highest BCUT2D eigenvalue weighted by Crippen LogP contribution is 2.16. The Hall–Kier alpha value is -2.73. The van der Waals surface area contributed by atoms with Crippen molar-refractivity contribution in [3.63, 3.8) is 0 Å². The zero-order chi connectivity index (χ0) is 16.4. The highest BCUT2D eigenvalue weighted by Gasteiger charge is 1.99. The average molecular weight is 303 g/mol. The minimum atomic E-state index is -0.215. The summed E-state index contributed by atoms with van der Waals surface area (Å²) >= 11 is 0. The number of ether oxygens (including phenoxy) is 2. The van der Waals surface area contributed by atoms with E-state index in [0.29, 0.717) is 11.4 Å². The van der Waals surface area contributed by atoms with Gasteiger partial charge in [0.15, 0.2) is 0 Å². The van der Waals surface area contributed by atoms with Gasteiger partial charge in [-0.3, -0.25) is 4.79 Å². The molecule has 2 aromatic carbocycles. The normalized spacial score (nSPS) is 9.23. The van der Waals surface area contributed by atoms with Crippen LogP contribution < -0.4 is 26.3 Å². The molecule has 0 aromatic heterocycles. The largest absolute Gasteiger partial charge is 0.497 e. The molecule has 118 valence electrons. The van der Waals surface area contributed by atoms with E-state index >= 15 is 0 Å². The van der Waals surface area contributed by atoms with E-state index in [0.717, 1.165) is 11.4 Å². The Morgan fingerprint density at radius 1 is 1.05 bits per heavy atom. The number of benzene rings is 2. The molecule has 6 heteroatoms. The Morgan fingerprint density at radius 3 is 2.14 bits per heavy atom. The predicted molar refractivity (Wildman–Crippen MR) is 88.1 cm³/mol. The lowest BCUT2D eigenvalue weighted by molar-refractivity contribution is -0.114. The van der Waals surface area contributed by atoms with Crippen molar-refractivity contribution in [2.24, 2.45) is 5.73 Å². The van der Waals surface area contributed by atoms with E-state index in [4.69, 9.17) is 20.9 Å². The van der Waals surface area contributed by atoms with Crippen molar-refractivity contribution in [1.82, 2.24) is 0 Å². The van der Waals surface area contributed by atoms with Crippen LogP contribution in [0.2, 0.25) is 0 Å². The number of methoxy groups -OCH3 is 2. The first-order chi connectivity index (χ1) is 10.6. The molecule has 0 aliphatic carbocycles. The summed E-state index contributed by atoms with van der Waals surface area (Å²) in [5.41, 5.74) is 12.0. The number of carbonyl (C=O) groups is 1. The summed E-state index contributed by atoms with van der Waals surface area (Å²) in [6.07, 6.45) is 0. The summed E-state index contributed by atoms with van der Waals surface area (Å²) in [6, 6.07) is 14.4. The number of carbonyl (C=O) groups excluding carboxylic acids is 1. The number of nitrogen functional groups attached to an aromatic ring is 1. The van der Waals surface area contributed by atoms with E-state index in [2.05, 4.69) is 5.32 Å². The summed E-state index contributed by atoms with van der Waals surface area (Å²) in [5, 5.41) is 2.62. The maximum absolute atomic E-state index is 10.9. The van der Waals surface area contributed by atoms with Gasteiger partial charge in [-0.1, -0.05) is 12.1 Å². The number of nitrogens with two attached hydrogens (primary N) is 2. The Kier molecular flexibility index (Phi) is 7.28. The van der Waals surface area contributed by atoms with Crippen LogP contribution in [0.25, 0.3) is 0 Å². The molecule has 0 heterocycles. The second-order valence-corrected chi connectivity index (χ2v) is 4.26. The van der Waals surface area contributed by atoms with Gasteiger partial charge in [-0.25, -0.2) is 0 Å². The van der Waals surface area contributed by atoms with Crippen molar-refractivity contribution < 1.29 is 14.3 Å². The summed E-state index contributed by atoms with van der Waals surface area (Å²) in [4.78, 5) is 10.9. The third kappa shape index (κ3) is 6.15. The molecule has 22 heavy (non-hydrogen) atoms. The molecule has 2 aromatic rings. The van der Waals surface area contributed by atoms with Crippen LogP contribution in [-0.2, 0) is 4.79 Å². The molecule has 0 atom stereocenters. The molecule has 1 amide bonds. The molecule has 0 saturated heterocycles.